The summed E-state index contributed by atoms with van der Waals surface area (Å²) in [4.78, 5) is 16.1. The van der Waals surface area contributed by atoms with Crippen molar-refractivity contribution >= 4 is 15.9 Å². The Morgan fingerprint density at radius 1 is 1.19 bits per heavy atom. The molecule has 2 aromatic rings. The Balaban J connectivity index is 1.84. The second-order valence-electron chi connectivity index (χ2n) is 5.79. The van der Waals surface area contributed by atoms with Crippen LogP contribution in [-0.2, 0) is 21.4 Å². The Hall–Kier alpha value is -2.45. The van der Waals surface area contributed by atoms with E-state index in [0.717, 1.165) is 5.69 Å². The Morgan fingerprint density at radius 3 is 2.54 bits per heavy atom. The second-order valence-corrected chi connectivity index (χ2v) is 7.50. The number of carbonyl (C=O) groups excluding carboxylic acids is 1. The van der Waals surface area contributed by atoms with Crippen LogP contribution in [0.15, 0.2) is 53.6 Å². The molecule has 7 nitrogen and oxygen atoms in total. The first kappa shape index (κ1) is 19.9. The van der Waals surface area contributed by atoms with Gasteiger partial charge in [0.1, 0.15) is 5.75 Å². The molecule has 8 heteroatoms. The zero-order valence-corrected chi connectivity index (χ0v) is 15.6. The van der Waals surface area contributed by atoms with Gasteiger partial charge >= 0.3 is 0 Å². The smallest absolute Gasteiger partial charge is 0.258 e. The number of nitrogens with one attached hydrogen (secondary N) is 2. The van der Waals surface area contributed by atoms with Crippen LogP contribution in [-0.4, -0.2) is 32.0 Å². The van der Waals surface area contributed by atoms with Crippen LogP contribution in [0.4, 0.5) is 0 Å². The van der Waals surface area contributed by atoms with Crippen LogP contribution in [0.1, 0.15) is 26.0 Å². The van der Waals surface area contributed by atoms with Crippen molar-refractivity contribution in [1.29, 1.82) is 0 Å². The van der Waals surface area contributed by atoms with Gasteiger partial charge in [0, 0.05) is 12.2 Å². The quantitative estimate of drug-likeness (QED) is 0.695. The van der Waals surface area contributed by atoms with Crippen LogP contribution in [0.2, 0.25) is 0 Å². The first-order valence-electron chi connectivity index (χ1n) is 8.32. The van der Waals surface area contributed by atoms with E-state index in [1.165, 1.54) is 24.3 Å². The monoisotopic (exact) mass is 377 g/mol. The van der Waals surface area contributed by atoms with E-state index in [1.807, 2.05) is 19.1 Å². The van der Waals surface area contributed by atoms with Crippen molar-refractivity contribution in [2.24, 2.45) is 0 Å². The molecule has 0 spiro atoms. The number of ether oxygens (including phenoxy) is 1. The van der Waals surface area contributed by atoms with E-state index in [4.69, 9.17) is 4.74 Å². The Labute approximate surface area is 153 Å². The number of pyridine rings is 1. The number of hydrogen-bond donors (Lipinski definition) is 2. The van der Waals surface area contributed by atoms with E-state index in [1.54, 1.807) is 19.2 Å². The highest BCUT2D eigenvalue weighted by Gasteiger charge is 2.16. The molecule has 0 aliphatic rings. The van der Waals surface area contributed by atoms with Crippen LogP contribution < -0.4 is 14.8 Å². The average Bonchev–Trinajstić information content (AvgIpc) is 2.65. The molecular weight excluding hydrogens is 354 g/mol. The summed E-state index contributed by atoms with van der Waals surface area (Å²) >= 11 is 0. The number of benzene rings is 1. The fraction of sp³-hybridized carbons (Fsp3) is 0.333. The summed E-state index contributed by atoms with van der Waals surface area (Å²) in [6.45, 7) is 3.87. The molecule has 2 N–H and O–H groups in total. The molecule has 0 unspecified atom stereocenters. The lowest BCUT2D eigenvalue weighted by Crippen LogP contribution is -2.32. The summed E-state index contributed by atoms with van der Waals surface area (Å²) in [5.74, 6) is 0.131. The number of carbonyl (C=O) groups is 1. The van der Waals surface area contributed by atoms with Crippen molar-refractivity contribution < 1.29 is 17.9 Å². The highest BCUT2D eigenvalue weighted by atomic mass is 32.2. The van der Waals surface area contributed by atoms with Gasteiger partial charge in [0.2, 0.25) is 10.0 Å². The molecule has 1 aromatic carbocycles. The van der Waals surface area contributed by atoms with E-state index >= 15 is 0 Å². The normalized spacial score (nSPS) is 12.4. The molecule has 0 bridgehead atoms. The maximum absolute atomic E-state index is 12.2. The van der Waals surface area contributed by atoms with E-state index in [0.29, 0.717) is 18.7 Å². The molecule has 0 saturated heterocycles. The van der Waals surface area contributed by atoms with E-state index in [2.05, 4.69) is 15.0 Å². The van der Waals surface area contributed by atoms with Crippen molar-refractivity contribution in [1.82, 2.24) is 15.0 Å². The minimum Gasteiger partial charge on any atom is -0.484 e. The summed E-state index contributed by atoms with van der Waals surface area (Å²) in [6.07, 6.45) is 2.36. The summed E-state index contributed by atoms with van der Waals surface area (Å²) in [5, 5.41) is 2.70. The van der Waals surface area contributed by atoms with Crippen LogP contribution in [0.3, 0.4) is 0 Å². The van der Waals surface area contributed by atoms with Gasteiger partial charge in [-0.15, -0.1) is 0 Å². The van der Waals surface area contributed by atoms with Gasteiger partial charge in [0.25, 0.3) is 5.91 Å². The number of nitrogens with zero attached hydrogens (tertiary/aromatic N) is 1. The lowest BCUT2D eigenvalue weighted by atomic mass is 10.3. The molecule has 0 saturated carbocycles. The topological polar surface area (TPSA) is 97.4 Å². The molecule has 1 atom stereocenters. The Kier molecular flexibility index (Phi) is 7.11. The van der Waals surface area contributed by atoms with Crippen LogP contribution in [0, 0.1) is 0 Å². The first-order chi connectivity index (χ1) is 12.4. The average molecular weight is 377 g/mol. The highest BCUT2D eigenvalue weighted by Crippen LogP contribution is 2.16. The molecule has 0 aliphatic heterocycles. The highest BCUT2D eigenvalue weighted by molar-refractivity contribution is 7.89. The molecule has 1 heterocycles. The standard InChI is InChI=1S/C18H23N3O4S/c1-3-14(2)21-26(23,24)17-9-7-16(8-10-17)25-13-18(22)20-12-15-6-4-5-11-19-15/h4-11,14,21H,3,12-13H2,1-2H3,(H,20,22)/t14-/m1/s1. The first-order valence-corrected chi connectivity index (χ1v) is 9.81. The molecular formula is C18H23N3O4S. The molecule has 1 aromatic heterocycles. The predicted octanol–water partition coefficient (Wildman–Crippen LogP) is 1.85. The molecule has 0 aliphatic carbocycles. The minimum absolute atomic E-state index is 0.140. The molecule has 0 fully saturated rings. The fourth-order valence-corrected chi connectivity index (χ4v) is 3.35. The third-order valence-corrected chi connectivity index (χ3v) is 5.27. The van der Waals surface area contributed by atoms with Gasteiger partial charge in [0.15, 0.2) is 6.61 Å². The zero-order chi connectivity index (χ0) is 19.0. The summed E-state index contributed by atoms with van der Waals surface area (Å²) in [7, 11) is -3.55. The minimum atomic E-state index is -3.55. The third-order valence-electron chi connectivity index (χ3n) is 3.67. The summed E-state index contributed by atoms with van der Waals surface area (Å²) in [5.41, 5.74) is 0.754. The van der Waals surface area contributed by atoms with Gasteiger partial charge in [-0.05, 0) is 49.7 Å². The predicted molar refractivity (Wildman–Crippen MR) is 98.1 cm³/mol. The molecule has 2 rings (SSSR count). The van der Waals surface area contributed by atoms with Gasteiger partial charge in [-0.1, -0.05) is 13.0 Å². The van der Waals surface area contributed by atoms with Crippen LogP contribution >= 0.6 is 0 Å². The number of amides is 1. The number of rotatable bonds is 9. The van der Waals surface area contributed by atoms with Crippen molar-refractivity contribution in [2.75, 3.05) is 6.61 Å². The lowest BCUT2D eigenvalue weighted by molar-refractivity contribution is -0.123. The molecule has 0 radical (unpaired) electrons. The maximum Gasteiger partial charge on any atom is 0.258 e. The van der Waals surface area contributed by atoms with Gasteiger partial charge in [0.05, 0.1) is 17.1 Å². The number of sulfonamides is 1. The summed E-state index contributed by atoms with van der Waals surface area (Å²) < 4.78 is 32.3. The van der Waals surface area contributed by atoms with Gasteiger partial charge in [-0.25, -0.2) is 13.1 Å². The van der Waals surface area contributed by atoms with Gasteiger partial charge in [-0.3, -0.25) is 9.78 Å². The van der Waals surface area contributed by atoms with E-state index in [9.17, 15) is 13.2 Å². The Morgan fingerprint density at radius 2 is 1.92 bits per heavy atom. The second kappa shape index (κ2) is 9.30. The van der Waals surface area contributed by atoms with Gasteiger partial charge < -0.3 is 10.1 Å². The molecule has 140 valence electrons. The van der Waals surface area contributed by atoms with Crippen LogP contribution in [0.5, 0.6) is 5.75 Å². The fourth-order valence-electron chi connectivity index (χ4n) is 2.02. The SMILES string of the molecule is CC[C@@H](C)NS(=O)(=O)c1ccc(OCC(=O)NCc2ccccn2)cc1. The Bertz CT molecular complexity index is 808. The van der Waals surface area contributed by atoms with Crippen molar-refractivity contribution in [3.63, 3.8) is 0 Å². The zero-order valence-electron chi connectivity index (χ0n) is 14.8. The van der Waals surface area contributed by atoms with Crippen molar-refractivity contribution in [3.05, 3.63) is 54.4 Å². The van der Waals surface area contributed by atoms with Crippen molar-refractivity contribution in [3.8, 4) is 5.75 Å². The largest absolute Gasteiger partial charge is 0.484 e. The number of hydrogen-bond acceptors (Lipinski definition) is 5. The number of aromatic nitrogens is 1. The summed E-state index contributed by atoms with van der Waals surface area (Å²) in [6, 6.07) is 11.3. The third kappa shape index (κ3) is 6.12. The molecule has 26 heavy (non-hydrogen) atoms. The maximum atomic E-state index is 12.2. The van der Waals surface area contributed by atoms with Gasteiger partial charge in [-0.2, -0.15) is 0 Å². The lowest BCUT2D eigenvalue weighted by Gasteiger charge is -2.12. The van der Waals surface area contributed by atoms with Crippen LogP contribution in [0.25, 0.3) is 0 Å². The van der Waals surface area contributed by atoms with E-state index in [-0.39, 0.29) is 23.5 Å². The van der Waals surface area contributed by atoms with E-state index < -0.39 is 10.0 Å². The van der Waals surface area contributed by atoms with Crippen molar-refractivity contribution in [2.45, 2.75) is 37.8 Å². The molecule has 1 amide bonds.